The summed E-state index contributed by atoms with van der Waals surface area (Å²) in [6, 6.07) is 6.24. The fourth-order valence-electron chi connectivity index (χ4n) is 0.836. The van der Waals surface area contributed by atoms with Crippen molar-refractivity contribution in [2.24, 2.45) is 0 Å². The number of allylic oxidation sites excluding steroid dienone is 1. The summed E-state index contributed by atoms with van der Waals surface area (Å²) in [6.45, 7) is 0. The summed E-state index contributed by atoms with van der Waals surface area (Å²) in [7, 11) is 0. The minimum Gasteiger partial charge on any atom is -0.203 e. The van der Waals surface area contributed by atoms with E-state index < -0.39 is 23.4 Å². The third-order valence-corrected chi connectivity index (χ3v) is 1.47. The lowest BCUT2D eigenvalue weighted by Gasteiger charge is -2.04. The van der Waals surface area contributed by atoms with Crippen LogP contribution in [0.3, 0.4) is 0 Å². The van der Waals surface area contributed by atoms with Gasteiger partial charge in [-0.05, 0) is 0 Å². The van der Waals surface area contributed by atoms with Gasteiger partial charge >= 0.3 is 6.18 Å². The van der Waals surface area contributed by atoms with Gasteiger partial charge in [-0.25, -0.2) is 4.39 Å². The van der Waals surface area contributed by atoms with Crippen molar-refractivity contribution >= 4 is 5.83 Å². The van der Waals surface area contributed by atoms with Crippen LogP contribution in [0.4, 0.5) is 22.0 Å². The van der Waals surface area contributed by atoms with Crippen LogP contribution in [-0.2, 0) is 0 Å². The van der Waals surface area contributed by atoms with E-state index in [2.05, 4.69) is 0 Å². The van der Waals surface area contributed by atoms with Gasteiger partial charge in [0.2, 0.25) is 5.83 Å². The molecule has 0 radical (unpaired) electrons. The number of alkyl halides is 3. The van der Waals surface area contributed by atoms with E-state index in [-0.39, 0.29) is 0 Å². The number of halogens is 5. The molecule has 0 N–H and O–H groups in total. The lowest BCUT2D eigenvalue weighted by atomic mass is 10.2. The van der Waals surface area contributed by atoms with Gasteiger partial charge in [0, 0.05) is 5.56 Å². The molecule has 0 spiro atoms. The van der Waals surface area contributed by atoms with Crippen molar-refractivity contribution in [1.82, 2.24) is 0 Å². The molecule has 1 aromatic carbocycles. The van der Waals surface area contributed by atoms with Gasteiger partial charge in [0.1, 0.15) is 0 Å². The molecule has 0 nitrogen and oxygen atoms in total. The van der Waals surface area contributed by atoms with E-state index in [0.717, 1.165) is 12.1 Å². The van der Waals surface area contributed by atoms with Crippen LogP contribution in [0.5, 0.6) is 0 Å². The monoisotopic (exact) mass is 208 g/mol. The third-order valence-electron chi connectivity index (χ3n) is 1.47. The highest BCUT2D eigenvalue weighted by atomic mass is 19.4. The Hall–Kier alpha value is -1.39. The molecule has 0 aliphatic heterocycles. The number of benzene rings is 1. The standard InChI is InChI=1S/C9H5F5/c10-7(8(11)9(12,13)14)6-4-2-1-3-5-6/h1-5H. The highest BCUT2D eigenvalue weighted by molar-refractivity contribution is 5.61. The molecule has 14 heavy (non-hydrogen) atoms. The molecule has 0 saturated carbocycles. The van der Waals surface area contributed by atoms with Crippen molar-refractivity contribution < 1.29 is 22.0 Å². The largest absolute Gasteiger partial charge is 0.445 e. The molecular weight excluding hydrogens is 203 g/mol. The zero-order chi connectivity index (χ0) is 10.8. The second kappa shape index (κ2) is 3.77. The molecule has 0 saturated heterocycles. The molecule has 0 heterocycles. The van der Waals surface area contributed by atoms with Crippen LogP contribution in [0.2, 0.25) is 0 Å². The molecule has 0 fully saturated rings. The fraction of sp³-hybridized carbons (Fsp3) is 0.111. The predicted molar refractivity (Wildman–Crippen MR) is 41.6 cm³/mol. The third kappa shape index (κ3) is 2.31. The number of hydrogen-bond acceptors (Lipinski definition) is 0. The molecule has 0 aromatic heterocycles. The summed E-state index contributed by atoms with van der Waals surface area (Å²) in [6.07, 6.45) is -5.28. The van der Waals surface area contributed by atoms with Crippen LogP contribution >= 0.6 is 0 Å². The first-order chi connectivity index (χ1) is 6.43. The molecule has 0 unspecified atom stereocenters. The molecule has 5 heteroatoms. The van der Waals surface area contributed by atoms with E-state index in [4.69, 9.17) is 0 Å². The van der Waals surface area contributed by atoms with Crippen LogP contribution in [0, 0.1) is 0 Å². The summed E-state index contributed by atoms with van der Waals surface area (Å²) in [4.78, 5) is 0. The second-order valence-electron chi connectivity index (χ2n) is 2.49. The summed E-state index contributed by atoms with van der Waals surface area (Å²) in [5, 5.41) is 0. The first-order valence-corrected chi connectivity index (χ1v) is 3.61. The van der Waals surface area contributed by atoms with Crippen molar-refractivity contribution in [3.63, 3.8) is 0 Å². The van der Waals surface area contributed by atoms with E-state index in [1.807, 2.05) is 0 Å². The van der Waals surface area contributed by atoms with E-state index in [9.17, 15) is 22.0 Å². The van der Waals surface area contributed by atoms with E-state index in [0.29, 0.717) is 0 Å². The lowest BCUT2D eigenvalue weighted by molar-refractivity contribution is -0.108. The van der Waals surface area contributed by atoms with Crippen LogP contribution in [0.15, 0.2) is 36.2 Å². The van der Waals surface area contributed by atoms with E-state index >= 15 is 0 Å². The summed E-state index contributed by atoms with van der Waals surface area (Å²) in [5.41, 5.74) is -0.428. The van der Waals surface area contributed by atoms with Crippen molar-refractivity contribution in [2.75, 3.05) is 0 Å². The Labute approximate surface area is 76.7 Å². The maximum absolute atomic E-state index is 12.8. The normalized spacial score (nSPS) is 13.8. The van der Waals surface area contributed by atoms with Crippen LogP contribution in [0.1, 0.15) is 5.56 Å². The first kappa shape index (κ1) is 10.7. The molecule has 76 valence electrons. The zero-order valence-electron chi connectivity index (χ0n) is 6.78. The summed E-state index contributed by atoms with van der Waals surface area (Å²) in [5.74, 6) is -4.60. The topological polar surface area (TPSA) is 0 Å². The molecule has 1 rings (SSSR count). The van der Waals surface area contributed by atoms with Crippen LogP contribution < -0.4 is 0 Å². The highest BCUT2D eigenvalue weighted by Crippen LogP contribution is 2.33. The van der Waals surface area contributed by atoms with E-state index in [1.54, 1.807) is 0 Å². The number of rotatable bonds is 1. The van der Waals surface area contributed by atoms with Gasteiger partial charge in [-0.2, -0.15) is 17.6 Å². The van der Waals surface area contributed by atoms with Crippen LogP contribution in [0.25, 0.3) is 5.83 Å². The molecule has 1 aromatic rings. The van der Waals surface area contributed by atoms with Gasteiger partial charge in [-0.3, -0.25) is 0 Å². The van der Waals surface area contributed by atoms with Crippen LogP contribution in [-0.4, -0.2) is 6.18 Å². The molecule has 0 aliphatic rings. The highest BCUT2D eigenvalue weighted by Gasteiger charge is 2.38. The zero-order valence-corrected chi connectivity index (χ0v) is 6.78. The Bertz CT molecular complexity index is 336. The molecular formula is C9H5F5. The summed E-state index contributed by atoms with van der Waals surface area (Å²) < 4.78 is 60.3. The minimum atomic E-state index is -5.28. The Balaban J connectivity index is 3.12. The SMILES string of the molecule is FC(=C(F)C(F)(F)F)c1ccccc1. The van der Waals surface area contributed by atoms with Crippen molar-refractivity contribution in [2.45, 2.75) is 6.18 Å². The van der Waals surface area contributed by atoms with Gasteiger partial charge in [-0.15, -0.1) is 0 Å². The maximum atomic E-state index is 12.8. The smallest absolute Gasteiger partial charge is 0.203 e. The lowest BCUT2D eigenvalue weighted by Crippen LogP contribution is -2.09. The predicted octanol–water partition coefficient (Wildman–Crippen LogP) is 3.86. The summed E-state index contributed by atoms with van der Waals surface area (Å²) >= 11 is 0. The molecule has 0 atom stereocenters. The first-order valence-electron chi connectivity index (χ1n) is 3.61. The average Bonchev–Trinajstić information content (AvgIpc) is 2.15. The Morgan fingerprint density at radius 1 is 0.929 bits per heavy atom. The molecule has 0 amide bonds. The average molecular weight is 208 g/mol. The van der Waals surface area contributed by atoms with Crippen molar-refractivity contribution in [1.29, 1.82) is 0 Å². The van der Waals surface area contributed by atoms with Gasteiger partial charge in [0.05, 0.1) is 0 Å². The van der Waals surface area contributed by atoms with Gasteiger partial charge in [0.25, 0.3) is 0 Å². The maximum Gasteiger partial charge on any atom is 0.445 e. The van der Waals surface area contributed by atoms with E-state index in [1.165, 1.54) is 18.2 Å². The second-order valence-corrected chi connectivity index (χ2v) is 2.49. The quantitative estimate of drug-likeness (QED) is 0.615. The minimum absolute atomic E-state index is 0.428. The van der Waals surface area contributed by atoms with Gasteiger partial charge in [-0.1, -0.05) is 30.3 Å². The van der Waals surface area contributed by atoms with Gasteiger partial charge < -0.3 is 0 Å². The van der Waals surface area contributed by atoms with Crippen molar-refractivity contribution in [3.8, 4) is 0 Å². The Morgan fingerprint density at radius 3 is 1.86 bits per heavy atom. The number of hydrogen-bond donors (Lipinski definition) is 0. The Morgan fingerprint density at radius 2 is 1.43 bits per heavy atom. The molecule has 0 bridgehead atoms. The molecule has 0 aliphatic carbocycles. The van der Waals surface area contributed by atoms with Crippen molar-refractivity contribution in [3.05, 3.63) is 41.7 Å². The van der Waals surface area contributed by atoms with Gasteiger partial charge in [0.15, 0.2) is 5.83 Å². The fourth-order valence-corrected chi connectivity index (χ4v) is 0.836. The Kier molecular flexibility index (Phi) is 2.88.